The molecule has 0 fully saturated rings. The fraction of sp³-hybridized carbons (Fsp3) is 0.188. The molecule has 0 saturated carbocycles. The number of carbonyl (C=O) groups is 1. The third kappa shape index (κ3) is 4.40. The number of methoxy groups -OCH3 is 1. The zero-order chi connectivity index (χ0) is 14.2. The lowest BCUT2D eigenvalue weighted by Gasteiger charge is -2.09. The Morgan fingerprint density at radius 1 is 1.05 bits per heavy atom. The van der Waals surface area contributed by atoms with Crippen LogP contribution in [0.2, 0.25) is 0 Å². The smallest absolute Gasteiger partial charge is 0.243 e. The predicted octanol–water partition coefficient (Wildman–Crippen LogP) is 2.88. The maximum absolute atomic E-state index is 11.8. The summed E-state index contributed by atoms with van der Waals surface area (Å²) in [7, 11) is 1.66. The molecule has 2 rings (SSSR count). The van der Waals surface area contributed by atoms with Gasteiger partial charge in [-0.05, 0) is 29.8 Å². The number of ether oxygens (including phenoxy) is 1. The van der Waals surface area contributed by atoms with Crippen LogP contribution in [0.15, 0.2) is 54.6 Å². The summed E-state index contributed by atoms with van der Waals surface area (Å²) in [6.07, 6.45) is 0. The van der Waals surface area contributed by atoms with Crippen molar-refractivity contribution in [1.29, 1.82) is 0 Å². The Hall–Kier alpha value is -2.33. The Bertz CT molecular complexity index is 555. The lowest BCUT2D eigenvalue weighted by molar-refractivity contribution is -0.114. The maximum atomic E-state index is 11.8. The first-order valence-corrected chi connectivity index (χ1v) is 6.44. The Morgan fingerprint density at radius 2 is 1.80 bits per heavy atom. The van der Waals surface area contributed by atoms with Gasteiger partial charge in [-0.3, -0.25) is 4.79 Å². The number of hydrogen-bond acceptors (Lipinski definition) is 3. The van der Waals surface area contributed by atoms with Gasteiger partial charge < -0.3 is 15.4 Å². The van der Waals surface area contributed by atoms with E-state index in [-0.39, 0.29) is 12.5 Å². The van der Waals surface area contributed by atoms with Crippen molar-refractivity contribution >= 4 is 17.3 Å². The summed E-state index contributed by atoms with van der Waals surface area (Å²) in [5.74, 6) is -0.0756. The van der Waals surface area contributed by atoms with E-state index in [1.165, 1.54) is 0 Å². The molecule has 4 heteroatoms. The van der Waals surface area contributed by atoms with Crippen molar-refractivity contribution in [2.75, 3.05) is 24.3 Å². The first-order chi connectivity index (χ1) is 9.78. The molecule has 0 atom stereocenters. The van der Waals surface area contributed by atoms with Crippen molar-refractivity contribution in [2.45, 2.75) is 6.61 Å². The van der Waals surface area contributed by atoms with E-state index in [4.69, 9.17) is 4.74 Å². The molecule has 2 aromatic carbocycles. The maximum Gasteiger partial charge on any atom is 0.243 e. The van der Waals surface area contributed by atoms with Gasteiger partial charge in [-0.2, -0.15) is 0 Å². The van der Waals surface area contributed by atoms with E-state index in [0.29, 0.717) is 6.61 Å². The number of carbonyl (C=O) groups excluding carboxylic acids is 1. The Labute approximate surface area is 118 Å². The standard InChI is InChI=1S/C16H18N2O2/c1-20-12-13-6-5-9-15(10-13)17-11-16(19)18-14-7-3-2-4-8-14/h2-10,17H,11-12H2,1H3,(H,18,19). The number of benzene rings is 2. The SMILES string of the molecule is COCc1cccc(NCC(=O)Nc2ccccc2)c1. The van der Waals surface area contributed by atoms with E-state index in [2.05, 4.69) is 10.6 Å². The average Bonchev–Trinajstić information content (AvgIpc) is 2.47. The highest BCUT2D eigenvalue weighted by molar-refractivity contribution is 5.93. The first-order valence-electron chi connectivity index (χ1n) is 6.44. The molecule has 0 bridgehead atoms. The van der Waals surface area contributed by atoms with Crippen molar-refractivity contribution in [3.8, 4) is 0 Å². The van der Waals surface area contributed by atoms with Gasteiger partial charge in [0.25, 0.3) is 0 Å². The Morgan fingerprint density at radius 3 is 2.55 bits per heavy atom. The summed E-state index contributed by atoms with van der Waals surface area (Å²) >= 11 is 0. The van der Waals surface area contributed by atoms with Crippen molar-refractivity contribution in [1.82, 2.24) is 0 Å². The molecule has 20 heavy (non-hydrogen) atoms. The minimum Gasteiger partial charge on any atom is -0.380 e. The second-order valence-electron chi connectivity index (χ2n) is 4.40. The van der Waals surface area contributed by atoms with Gasteiger partial charge in [0, 0.05) is 18.5 Å². The normalized spacial score (nSPS) is 10.1. The van der Waals surface area contributed by atoms with E-state index in [1.807, 2.05) is 54.6 Å². The van der Waals surface area contributed by atoms with Crippen molar-refractivity contribution in [2.24, 2.45) is 0 Å². The van der Waals surface area contributed by atoms with E-state index in [0.717, 1.165) is 16.9 Å². The molecule has 104 valence electrons. The number of para-hydroxylation sites is 1. The number of amides is 1. The number of hydrogen-bond donors (Lipinski definition) is 2. The molecular weight excluding hydrogens is 252 g/mol. The first kappa shape index (κ1) is 14.1. The van der Waals surface area contributed by atoms with Crippen molar-refractivity contribution < 1.29 is 9.53 Å². The van der Waals surface area contributed by atoms with Crippen LogP contribution in [0.3, 0.4) is 0 Å². The average molecular weight is 270 g/mol. The molecule has 2 aromatic rings. The molecule has 1 amide bonds. The number of rotatable bonds is 6. The number of anilines is 2. The molecule has 0 unspecified atom stereocenters. The van der Waals surface area contributed by atoms with Crippen LogP contribution >= 0.6 is 0 Å². The van der Waals surface area contributed by atoms with Gasteiger partial charge in [0.2, 0.25) is 5.91 Å². The second-order valence-corrected chi connectivity index (χ2v) is 4.40. The van der Waals surface area contributed by atoms with Gasteiger partial charge in [0.1, 0.15) is 0 Å². The van der Waals surface area contributed by atoms with Gasteiger partial charge in [-0.1, -0.05) is 30.3 Å². The summed E-state index contributed by atoms with van der Waals surface area (Å²) in [5.41, 5.74) is 2.77. The fourth-order valence-electron chi connectivity index (χ4n) is 1.85. The highest BCUT2D eigenvalue weighted by Crippen LogP contribution is 2.11. The molecule has 2 N–H and O–H groups in total. The van der Waals surface area contributed by atoms with Crippen LogP contribution in [0.1, 0.15) is 5.56 Å². The van der Waals surface area contributed by atoms with Gasteiger partial charge in [-0.15, -0.1) is 0 Å². The summed E-state index contributed by atoms with van der Waals surface area (Å²) in [6, 6.07) is 17.2. The Kier molecular flexibility index (Phi) is 5.15. The molecular formula is C16H18N2O2. The second kappa shape index (κ2) is 7.31. The van der Waals surface area contributed by atoms with Gasteiger partial charge in [0.05, 0.1) is 13.2 Å². The molecule has 0 radical (unpaired) electrons. The molecule has 4 nitrogen and oxygen atoms in total. The molecule has 0 aliphatic heterocycles. The van der Waals surface area contributed by atoms with Crippen LogP contribution in [0.4, 0.5) is 11.4 Å². The van der Waals surface area contributed by atoms with Gasteiger partial charge in [0.15, 0.2) is 0 Å². The quantitative estimate of drug-likeness (QED) is 0.848. The zero-order valence-corrected chi connectivity index (χ0v) is 11.4. The van der Waals surface area contributed by atoms with Crippen molar-refractivity contribution in [3.05, 3.63) is 60.2 Å². The molecule has 0 spiro atoms. The van der Waals surface area contributed by atoms with Crippen LogP contribution in [0, 0.1) is 0 Å². The molecule has 0 heterocycles. The third-order valence-corrected chi connectivity index (χ3v) is 2.75. The molecule has 0 aliphatic carbocycles. The minimum atomic E-state index is -0.0756. The summed E-state index contributed by atoms with van der Waals surface area (Å²) in [4.78, 5) is 11.8. The van der Waals surface area contributed by atoms with Crippen LogP contribution in [-0.2, 0) is 16.1 Å². The van der Waals surface area contributed by atoms with Crippen LogP contribution < -0.4 is 10.6 Å². The predicted molar refractivity (Wildman–Crippen MR) is 80.7 cm³/mol. The van der Waals surface area contributed by atoms with Crippen molar-refractivity contribution in [3.63, 3.8) is 0 Å². The van der Waals surface area contributed by atoms with E-state index >= 15 is 0 Å². The van der Waals surface area contributed by atoms with E-state index in [9.17, 15) is 4.79 Å². The van der Waals surface area contributed by atoms with Crippen LogP contribution in [0.25, 0.3) is 0 Å². The topological polar surface area (TPSA) is 50.4 Å². The highest BCUT2D eigenvalue weighted by atomic mass is 16.5. The monoisotopic (exact) mass is 270 g/mol. The van der Waals surface area contributed by atoms with Crippen LogP contribution in [-0.4, -0.2) is 19.6 Å². The van der Waals surface area contributed by atoms with E-state index < -0.39 is 0 Å². The van der Waals surface area contributed by atoms with Crippen LogP contribution in [0.5, 0.6) is 0 Å². The zero-order valence-electron chi connectivity index (χ0n) is 11.4. The summed E-state index contributed by atoms with van der Waals surface area (Å²) in [5, 5.41) is 5.92. The largest absolute Gasteiger partial charge is 0.380 e. The lowest BCUT2D eigenvalue weighted by atomic mass is 10.2. The van der Waals surface area contributed by atoms with E-state index in [1.54, 1.807) is 7.11 Å². The fourth-order valence-corrected chi connectivity index (χ4v) is 1.85. The summed E-state index contributed by atoms with van der Waals surface area (Å²) < 4.78 is 5.08. The van der Waals surface area contributed by atoms with Gasteiger partial charge >= 0.3 is 0 Å². The molecule has 0 aliphatic rings. The summed E-state index contributed by atoms with van der Waals surface area (Å²) in [6.45, 7) is 0.789. The molecule has 0 saturated heterocycles. The Balaban J connectivity index is 1.85. The number of nitrogens with one attached hydrogen (secondary N) is 2. The molecule has 0 aromatic heterocycles. The highest BCUT2D eigenvalue weighted by Gasteiger charge is 2.02. The van der Waals surface area contributed by atoms with Gasteiger partial charge in [-0.25, -0.2) is 0 Å². The lowest BCUT2D eigenvalue weighted by Crippen LogP contribution is -2.21. The minimum absolute atomic E-state index is 0.0756. The third-order valence-electron chi connectivity index (χ3n) is 2.75.